The van der Waals surface area contributed by atoms with E-state index in [-0.39, 0.29) is 25.2 Å². The van der Waals surface area contributed by atoms with E-state index < -0.39 is 18.0 Å². The van der Waals surface area contributed by atoms with Gasteiger partial charge in [-0.15, -0.1) is 0 Å². The van der Waals surface area contributed by atoms with Gasteiger partial charge >= 0.3 is 11.9 Å². The van der Waals surface area contributed by atoms with Crippen LogP contribution >= 0.6 is 0 Å². The third-order valence-electron chi connectivity index (χ3n) is 1.41. The second kappa shape index (κ2) is 6.91. The number of carbonyl (C=O) groups excluding carboxylic acids is 3. The molecule has 0 radical (unpaired) electrons. The Morgan fingerprint density at radius 3 is 2.33 bits per heavy atom. The van der Waals surface area contributed by atoms with Crippen LogP contribution in [0.1, 0.15) is 19.8 Å². The van der Waals surface area contributed by atoms with Gasteiger partial charge in [-0.1, -0.05) is 0 Å². The molecular formula is C8H14N2O5. The van der Waals surface area contributed by atoms with Gasteiger partial charge < -0.3 is 11.5 Å². The Balaban J connectivity index is 3.88. The summed E-state index contributed by atoms with van der Waals surface area (Å²) in [6, 6.07) is -1.14. The van der Waals surface area contributed by atoms with Crippen LogP contribution in [-0.4, -0.2) is 30.3 Å². The number of nitrogens with two attached hydrogens (primary N) is 2. The van der Waals surface area contributed by atoms with Gasteiger partial charge in [0.1, 0.15) is 11.8 Å². The predicted octanol–water partition coefficient (Wildman–Crippen LogP) is -1.36. The molecule has 0 aromatic carbocycles. The second-order valence-corrected chi connectivity index (χ2v) is 2.87. The van der Waals surface area contributed by atoms with Crippen molar-refractivity contribution in [2.45, 2.75) is 25.8 Å². The largest absolute Gasteiger partial charge is 0.372 e. The molecule has 0 aliphatic heterocycles. The van der Waals surface area contributed by atoms with E-state index in [1.54, 1.807) is 0 Å². The van der Waals surface area contributed by atoms with Gasteiger partial charge in [0.15, 0.2) is 0 Å². The van der Waals surface area contributed by atoms with Gasteiger partial charge in [-0.2, -0.15) is 0 Å². The van der Waals surface area contributed by atoms with E-state index in [0.717, 1.165) is 6.92 Å². The molecule has 7 nitrogen and oxygen atoms in total. The zero-order valence-electron chi connectivity index (χ0n) is 8.39. The van der Waals surface area contributed by atoms with Gasteiger partial charge in [0, 0.05) is 19.8 Å². The zero-order valence-corrected chi connectivity index (χ0v) is 8.39. The number of Topliss-reactive ketones (excluding diaryl/α,β-unsaturated/α-hetero) is 1. The zero-order chi connectivity index (χ0) is 11.8. The first-order chi connectivity index (χ1) is 6.97. The van der Waals surface area contributed by atoms with Crippen LogP contribution in [0.15, 0.2) is 0 Å². The average molecular weight is 218 g/mol. The Morgan fingerprint density at radius 1 is 1.27 bits per heavy atom. The fraction of sp³-hybridized carbons (Fsp3) is 0.625. The molecule has 0 rings (SSSR count). The van der Waals surface area contributed by atoms with Crippen LogP contribution < -0.4 is 11.5 Å². The van der Waals surface area contributed by atoms with Crippen LogP contribution in [0.4, 0.5) is 0 Å². The van der Waals surface area contributed by atoms with E-state index >= 15 is 0 Å². The van der Waals surface area contributed by atoms with E-state index in [4.69, 9.17) is 11.5 Å². The Labute approximate surface area is 86.6 Å². The molecule has 7 heteroatoms. The normalized spacial score (nSPS) is 11.7. The molecule has 0 saturated carbocycles. The number of ketones is 1. The summed E-state index contributed by atoms with van der Waals surface area (Å²) in [5.74, 6) is -1.98. The molecule has 0 saturated heterocycles. The lowest BCUT2D eigenvalue weighted by Gasteiger charge is -2.07. The van der Waals surface area contributed by atoms with Crippen molar-refractivity contribution in [3.63, 3.8) is 0 Å². The predicted molar refractivity (Wildman–Crippen MR) is 49.1 cm³/mol. The molecule has 1 atom stereocenters. The number of hydrogen-bond acceptors (Lipinski definition) is 7. The fourth-order valence-electron chi connectivity index (χ4n) is 0.753. The van der Waals surface area contributed by atoms with Crippen molar-refractivity contribution < 1.29 is 24.2 Å². The summed E-state index contributed by atoms with van der Waals surface area (Å²) in [4.78, 5) is 40.3. The van der Waals surface area contributed by atoms with Gasteiger partial charge in [0.05, 0.1) is 0 Å². The van der Waals surface area contributed by atoms with Crippen LogP contribution in [-0.2, 0) is 24.2 Å². The average Bonchev–Trinajstić information content (AvgIpc) is 2.14. The summed E-state index contributed by atoms with van der Waals surface area (Å²) in [7, 11) is 0. The van der Waals surface area contributed by atoms with Crippen molar-refractivity contribution >= 4 is 17.7 Å². The van der Waals surface area contributed by atoms with Gasteiger partial charge in [0.25, 0.3) is 0 Å². The molecule has 86 valence electrons. The molecule has 0 amide bonds. The molecule has 0 spiro atoms. The Morgan fingerprint density at radius 2 is 1.87 bits per heavy atom. The first-order valence-corrected chi connectivity index (χ1v) is 4.33. The monoisotopic (exact) mass is 218 g/mol. The topological polar surface area (TPSA) is 122 Å². The minimum Gasteiger partial charge on any atom is -0.330 e. The lowest BCUT2D eigenvalue weighted by Crippen LogP contribution is -2.35. The maximum atomic E-state index is 11.0. The Kier molecular flexibility index (Phi) is 6.23. The molecule has 0 aliphatic rings. The highest BCUT2D eigenvalue weighted by molar-refractivity contribution is 5.86. The van der Waals surface area contributed by atoms with E-state index in [1.165, 1.54) is 0 Å². The lowest BCUT2D eigenvalue weighted by molar-refractivity contribution is -0.258. The smallest absolute Gasteiger partial charge is 0.330 e. The molecule has 0 heterocycles. The number of hydrogen-bond donors (Lipinski definition) is 2. The van der Waals surface area contributed by atoms with Crippen molar-refractivity contribution in [3.8, 4) is 0 Å². The molecular weight excluding hydrogens is 204 g/mol. The number of rotatable bonds is 5. The second-order valence-electron chi connectivity index (χ2n) is 2.87. The first-order valence-electron chi connectivity index (χ1n) is 4.33. The molecule has 4 N–H and O–H groups in total. The lowest BCUT2D eigenvalue weighted by atomic mass is 10.1. The molecule has 0 aromatic heterocycles. The molecule has 1 unspecified atom stereocenters. The first kappa shape index (κ1) is 13.5. The third-order valence-corrected chi connectivity index (χ3v) is 1.41. The highest BCUT2D eigenvalue weighted by Gasteiger charge is 2.20. The summed E-state index contributed by atoms with van der Waals surface area (Å²) >= 11 is 0. The highest BCUT2D eigenvalue weighted by Crippen LogP contribution is 1.97. The SMILES string of the molecule is CC(=O)OOC(=O)C(N)CC(=O)CCN. The van der Waals surface area contributed by atoms with Gasteiger partial charge in [-0.05, 0) is 6.54 Å². The standard InChI is InChI=1S/C8H14N2O5/c1-5(11)14-15-8(13)7(10)4-6(12)2-3-9/h7H,2-4,9-10H2,1H3. The van der Waals surface area contributed by atoms with E-state index in [9.17, 15) is 14.4 Å². The van der Waals surface area contributed by atoms with Crippen LogP contribution in [0.5, 0.6) is 0 Å². The summed E-state index contributed by atoms with van der Waals surface area (Å²) in [6.45, 7) is 1.27. The van der Waals surface area contributed by atoms with Gasteiger partial charge in [0.2, 0.25) is 0 Å². The molecule has 0 aromatic rings. The maximum absolute atomic E-state index is 11.0. The van der Waals surface area contributed by atoms with Crippen molar-refractivity contribution in [1.82, 2.24) is 0 Å². The summed E-state index contributed by atoms with van der Waals surface area (Å²) in [6.07, 6.45) is -0.0359. The third kappa shape index (κ3) is 6.58. The molecule has 15 heavy (non-hydrogen) atoms. The Hall–Kier alpha value is -1.47. The highest BCUT2D eigenvalue weighted by atomic mass is 17.2. The Bertz CT molecular complexity index is 253. The minimum atomic E-state index is -1.14. The van der Waals surface area contributed by atoms with E-state index in [1.807, 2.05) is 0 Å². The van der Waals surface area contributed by atoms with Crippen molar-refractivity contribution in [3.05, 3.63) is 0 Å². The van der Waals surface area contributed by atoms with Crippen LogP contribution in [0, 0.1) is 0 Å². The quantitative estimate of drug-likeness (QED) is 0.431. The summed E-state index contributed by atoms with van der Waals surface area (Å²) < 4.78 is 0. The molecule has 0 aliphatic carbocycles. The van der Waals surface area contributed by atoms with Crippen molar-refractivity contribution in [1.29, 1.82) is 0 Å². The number of carbonyl (C=O) groups is 3. The summed E-state index contributed by atoms with van der Waals surface area (Å²) in [5.41, 5.74) is 10.4. The van der Waals surface area contributed by atoms with Crippen LogP contribution in [0.2, 0.25) is 0 Å². The minimum absolute atomic E-state index is 0.147. The maximum Gasteiger partial charge on any atom is 0.372 e. The van der Waals surface area contributed by atoms with E-state index in [0.29, 0.717) is 0 Å². The molecule has 0 bridgehead atoms. The summed E-state index contributed by atoms with van der Waals surface area (Å²) in [5, 5.41) is 0. The van der Waals surface area contributed by atoms with Gasteiger partial charge in [-0.25, -0.2) is 19.4 Å². The fourth-order valence-corrected chi connectivity index (χ4v) is 0.753. The van der Waals surface area contributed by atoms with E-state index in [2.05, 4.69) is 9.78 Å². The molecule has 0 fully saturated rings. The van der Waals surface area contributed by atoms with Crippen LogP contribution in [0.3, 0.4) is 0 Å². The van der Waals surface area contributed by atoms with Crippen LogP contribution in [0.25, 0.3) is 0 Å². The van der Waals surface area contributed by atoms with Gasteiger partial charge in [-0.3, -0.25) is 4.79 Å². The van der Waals surface area contributed by atoms with Crippen molar-refractivity contribution in [2.75, 3.05) is 6.54 Å². The van der Waals surface area contributed by atoms with Crippen molar-refractivity contribution in [2.24, 2.45) is 11.5 Å².